The molecule has 2 fully saturated rings. The molecule has 2 aliphatic rings. The van der Waals surface area contributed by atoms with Crippen LogP contribution in [0, 0.1) is 31.6 Å². The summed E-state index contributed by atoms with van der Waals surface area (Å²) in [5.41, 5.74) is 3.62. The van der Waals surface area contributed by atoms with E-state index in [1.54, 1.807) is 0 Å². The second-order valence-corrected chi connectivity index (χ2v) is 11.9. The van der Waals surface area contributed by atoms with Crippen LogP contribution in [0.1, 0.15) is 119 Å². The van der Waals surface area contributed by atoms with E-state index >= 15 is 0 Å². The summed E-state index contributed by atoms with van der Waals surface area (Å²) in [4.78, 5) is 13.2. The molecular formula is C29H43N3O. The number of rotatable bonds is 11. The Morgan fingerprint density at radius 3 is 2.39 bits per heavy atom. The van der Waals surface area contributed by atoms with Crippen molar-refractivity contribution < 1.29 is 4.79 Å². The lowest BCUT2D eigenvalue weighted by molar-refractivity contribution is -0.118. The molecule has 1 heterocycles. The average Bonchev–Trinajstić information content (AvgIpc) is 3.44. The highest BCUT2D eigenvalue weighted by molar-refractivity contribution is 5.82. The van der Waals surface area contributed by atoms with Gasteiger partial charge in [0, 0.05) is 30.7 Å². The number of Topliss-reactive ketones (excluding diaryl/α,β-unsaturated/α-hetero) is 1. The van der Waals surface area contributed by atoms with Crippen LogP contribution in [0.15, 0.2) is 18.2 Å². The standard InChI is InChI=1S/C29H43N3O/c1-18(2)11-22-14-25(15-22)29-31-30-28(32(29)26-9-10-26)24(12-19(3)4)17-27(33)16-23-8-7-20(5)13-21(23)6/h7-8,13,18-19,22,24-26H,9-12,14-17H2,1-6H3/t22?,24-,25?/m0/s1. The van der Waals surface area contributed by atoms with E-state index in [-0.39, 0.29) is 5.92 Å². The Hall–Kier alpha value is -1.97. The van der Waals surface area contributed by atoms with Crippen molar-refractivity contribution in [2.75, 3.05) is 0 Å². The summed E-state index contributed by atoms with van der Waals surface area (Å²) in [6.07, 6.45) is 8.36. The van der Waals surface area contributed by atoms with Crippen molar-refractivity contribution in [1.82, 2.24) is 14.8 Å². The molecule has 4 nitrogen and oxygen atoms in total. The van der Waals surface area contributed by atoms with E-state index < -0.39 is 0 Å². The maximum absolute atomic E-state index is 13.2. The Labute approximate surface area is 200 Å². The zero-order valence-corrected chi connectivity index (χ0v) is 21.6. The van der Waals surface area contributed by atoms with E-state index in [1.807, 2.05) is 0 Å². The van der Waals surface area contributed by atoms with E-state index in [0.717, 1.165) is 29.6 Å². The number of aryl methyl sites for hydroxylation is 2. The van der Waals surface area contributed by atoms with Crippen molar-refractivity contribution >= 4 is 5.78 Å². The molecule has 1 atom stereocenters. The predicted octanol–water partition coefficient (Wildman–Crippen LogP) is 7.10. The Kier molecular flexibility index (Phi) is 7.40. The zero-order valence-electron chi connectivity index (χ0n) is 21.6. The van der Waals surface area contributed by atoms with Gasteiger partial charge in [0.05, 0.1) is 0 Å². The number of hydrogen-bond acceptors (Lipinski definition) is 3. The van der Waals surface area contributed by atoms with Crippen LogP contribution in [0.3, 0.4) is 0 Å². The minimum absolute atomic E-state index is 0.164. The monoisotopic (exact) mass is 449 g/mol. The molecule has 0 radical (unpaired) electrons. The van der Waals surface area contributed by atoms with E-state index in [2.05, 4.69) is 64.3 Å². The SMILES string of the molecule is Cc1ccc(CC(=O)C[C@H](CC(C)C)c2nnc(C3CC(CC(C)C)C3)n2C2CC2)c(C)c1. The summed E-state index contributed by atoms with van der Waals surface area (Å²) in [6.45, 7) is 13.4. The van der Waals surface area contributed by atoms with Crippen molar-refractivity contribution in [1.29, 1.82) is 0 Å². The fourth-order valence-corrected chi connectivity index (χ4v) is 5.84. The van der Waals surface area contributed by atoms with Gasteiger partial charge in [-0.3, -0.25) is 4.79 Å². The van der Waals surface area contributed by atoms with Crippen molar-refractivity contribution in [3.8, 4) is 0 Å². The van der Waals surface area contributed by atoms with Gasteiger partial charge < -0.3 is 4.57 Å². The molecule has 0 amide bonds. The minimum atomic E-state index is 0.164. The number of ketones is 1. The minimum Gasteiger partial charge on any atom is -0.311 e. The molecule has 2 aromatic rings. The van der Waals surface area contributed by atoms with Gasteiger partial charge in [0.1, 0.15) is 17.4 Å². The number of benzene rings is 1. The normalized spacial score (nSPS) is 21.5. The van der Waals surface area contributed by atoms with Crippen LogP contribution in [0.4, 0.5) is 0 Å². The van der Waals surface area contributed by atoms with Crippen LogP contribution >= 0.6 is 0 Å². The second kappa shape index (κ2) is 10.1. The van der Waals surface area contributed by atoms with Gasteiger partial charge in [-0.15, -0.1) is 10.2 Å². The molecule has 2 saturated carbocycles. The van der Waals surface area contributed by atoms with Crippen LogP contribution in [-0.2, 0) is 11.2 Å². The molecular weight excluding hydrogens is 406 g/mol. The number of carbonyl (C=O) groups excluding carboxylic acids is 1. The number of aromatic nitrogens is 3. The first-order chi connectivity index (χ1) is 15.7. The van der Waals surface area contributed by atoms with E-state index in [1.165, 1.54) is 49.1 Å². The summed E-state index contributed by atoms with van der Waals surface area (Å²) in [6, 6.07) is 6.96. The Balaban J connectivity index is 1.51. The third kappa shape index (κ3) is 5.94. The molecule has 1 aromatic carbocycles. The van der Waals surface area contributed by atoms with Gasteiger partial charge in [-0.05, 0) is 81.3 Å². The molecule has 33 heavy (non-hydrogen) atoms. The maximum atomic E-state index is 13.2. The first-order valence-corrected chi connectivity index (χ1v) is 13.2. The third-order valence-corrected chi connectivity index (χ3v) is 7.55. The Bertz CT molecular complexity index is 963. The summed E-state index contributed by atoms with van der Waals surface area (Å²) < 4.78 is 2.48. The first-order valence-electron chi connectivity index (χ1n) is 13.2. The highest BCUT2D eigenvalue weighted by Crippen LogP contribution is 2.48. The fourth-order valence-electron chi connectivity index (χ4n) is 5.84. The fraction of sp³-hybridized carbons (Fsp3) is 0.690. The van der Waals surface area contributed by atoms with Crippen LogP contribution in [-0.4, -0.2) is 20.5 Å². The summed E-state index contributed by atoms with van der Waals surface area (Å²) >= 11 is 0. The maximum Gasteiger partial charge on any atom is 0.138 e. The van der Waals surface area contributed by atoms with Gasteiger partial charge >= 0.3 is 0 Å². The molecule has 2 aliphatic carbocycles. The molecule has 4 heteroatoms. The van der Waals surface area contributed by atoms with Crippen molar-refractivity contribution in [3.05, 3.63) is 46.5 Å². The third-order valence-electron chi connectivity index (χ3n) is 7.55. The van der Waals surface area contributed by atoms with E-state index in [0.29, 0.717) is 36.5 Å². The lowest BCUT2D eigenvalue weighted by Crippen LogP contribution is -2.26. The van der Waals surface area contributed by atoms with Gasteiger partial charge in [-0.1, -0.05) is 51.5 Å². The molecule has 4 rings (SSSR count). The van der Waals surface area contributed by atoms with Crippen LogP contribution < -0.4 is 0 Å². The van der Waals surface area contributed by atoms with Gasteiger partial charge in [-0.25, -0.2) is 0 Å². The molecule has 0 aliphatic heterocycles. The Morgan fingerprint density at radius 2 is 1.79 bits per heavy atom. The topological polar surface area (TPSA) is 47.8 Å². The lowest BCUT2D eigenvalue weighted by Gasteiger charge is -2.36. The summed E-state index contributed by atoms with van der Waals surface area (Å²) in [7, 11) is 0. The van der Waals surface area contributed by atoms with E-state index in [4.69, 9.17) is 10.2 Å². The summed E-state index contributed by atoms with van der Waals surface area (Å²) in [5.74, 6) is 5.47. The van der Waals surface area contributed by atoms with Crippen molar-refractivity contribution in [2.24, 2.45) is 17.8 Å². The molecule has 0 spiro atoms. The highest BCUT2D eigenvalue weighted by atomic mass is 16.1. The molecule has 0 bridgehead atoms. The number of hydrogen-bond donors (Lipinski definition) is 0. The molecule has 1 aromatic heterocycles. The van der Waals surface area contributed by atoms with Gasteiger partial charge in [-0.2, -0.15) is 0 Å². The Morgan fingerprint density at radius 1 is 1.06 bits per heavy atom. The quantitative estimate of drug-likeness (QED) is 0.367. The van der Waals surface area contributed by atoms with Crippen LogP contribution in [0.25, 0.3) is 0 Å². The largest absolute Gasteiger partial charge is 0.311 e. The van der Waals surface area contributed by atoms with Crippen molar-refractivity contribution in [2.45, 2.75) is 111 Å². The lowest BCUT2D eigenvalue weighted by atomic mass is 9.71. The highest BCUT2D eigenvalue weighted by Gasteiger charge is 2.39. The zero-order chi connectivity index (χ0) is 23.7. The van der Waals surface area contributed by atoms with Gasteiger partial charge in [0.2, 0.25) is 0 Å². The van der Waals surface area contributed by atoms with Crippen molar-refractivity contribution in [3.63, 3.8) is 0 Å². The molecule has 0 saturated heterocycles. The van der Waals surface area contributed by atoms with Crippen LogP contribution in [0.2, 0.25) is 0 Å². The smallest absolute Gasteiger partial charge is 0.138 e. The van der Waals surface area contributed by atoms with Crippen LogP contribution in [0.5, 0.6) is 0 Å². The molecule has 0 unspecified atom stereocenters. The van der Waals surface area contributed by atoms with Gasteiger partial charge in [0.15, 0.2) is 0 Å². The summed E-state index contributed by atoms with van der Waals surface area (Å²) in [5, 5.41) is 9.53. The first kappa shape index (κ1) is 24.2. The van der Waals surface area contributed by atoms with Gasteiger partial charge in [0.25, 0.3) is 0 Å². The second-order valence-electron chi connectivity index (χ2n) is 11.9. The molecule has 0 N–H and O–H groups in total. The number of nitrogens with zero attached hydrogens (tertiary/aromatic N) is 3. The predicted molar refractivity (Wildman–Crippen MR) is 135 cm³/mol. The van der Waals surface area contributed by atoms with E-state index in [9.17, 15) is 4.79 Å². The molecule has 180 valence electrons. The number of carbonyl (C=O) groups is 1. The average molecular weight is 450 g/mol.